The van der Waals surface area contributed by atoms with Gasteiger partial charge in [0.1, 0.15) is 11.6 Å². The first-order chi connectivity index (χ1) is 12.9. The van der Waals surface area contributed by atoms with Crippen molar-refractivity contribution in [1.82, 2.24) is 0 Å². The first-order valence-corrected chi connectivity index (χ1v) is 9.82. The van der Waals surface area contributed by atoms with E-state index >= 15 is 0 Å². The molecule has 0 bridgehead atoms. The number of para-hydroxylation sites is 1. The molecule has 0 unspecified atom stereocenters. The lowest BCUT2D eigenvalue weighted by Crippen LogP contribution is -2.31. The summed E-state index contributed by atoms with van der Waals surface area (Å²) in [6.07, 6.45) is 0. The van der Waals surface area contributed by atoms with Gasteiger partial charge in [0.05, 0.1) is 24.2 Å². The molecule has 0 saturated carbocycles. The Labute approximate surface area is 158 Å². The zero-order valence-electron chi connectivity index (χ0n) is 15.1. The molecule has 6 heteroatoms. The summed E-state index contributed by atoms with van der Waals surface area (Å²) < 4.78 is 47.1. The van der Waals surface area contributed by atoms with Crippen LogP contribution in [-0.2, 0) is 16.6 Å². The summed E-state index contributed by atoms with van der Waals surface area (Å²) in [4.78, 5) is -0.0470. The molecule has 0 amide bonds. The largest absolute Gasteiger partial charge is 0.497 e. The van der Waals surface area contributed by atoms with E-state index in [1.54, 1.807) is 56.5 Å². The van der Waals surface area contributed by atoms with Crippen molar-refractivity contribution in [2.24, 2.45) is 0 Å². The summed E-state index contributed by atoms with van der Waals surface area (Å²) in [7, 11) is -2.42. The monoisotopic (exact) mass is 385 g/mol. The standard InChI is InChI=1S/C21H20FNO3S/c1-16-11-12-18(22)14-21(16)27(24,25)23(19-8-4-3-5-9-19)15-17-7-6-10-20(13-17)26-2/h3-14H,15H2,1-2H3. The van der Waals surface area contributed by atoms with Gasteiger partial charge >= 0.3 is 0 Å². The number of hydrogen-bond acceptors (Lipinski definition) is 3. The van der Waals surface area contributed by atoms with Crippen molar-refractivity contribution >= 4 is 15.7 Å². The van der Waals surface area contributed by atoms with E-state index in [1.165, 1.54) is 16.4 Å². The van der Waals surface area contributed by atoms with E-state index < -0.39 is 15.8 Å². The quantitative estimate of drug-likeness (QED) is 0.626. The van der Waals surface area contributed by atoms with Crippen LogP contribution in [-0.4, -0.2) is 15.5 Å². The first-order valence-electron chi connectivity index (χ1n) is 8.38. The maximum absolute atomic E-state index is 13.8. The highest BCUT2D eigenvalue weighted by atomic mass is 32.2. The van der Waals surface area contributed by atoms with E-state index in [4.69, 9.17) is 4.74 Å². The van der Waals surface area contributed by atoms with Gasteiger partial charge in [-0.25, -0.2) is 12.8 Å². The van der Waals surface area contributed by atoms with Crippen molar-refractivity contribution in [3.63, 3.8) is 0 Å². The minimum atomic E-state index is -3.97. The number of benzene rings is 3. The molecule has 0 heterocycles. The molecule has 27 heavy (non-hydrogen) atoms. The van der Waals surface area contributed by atoms with Gasteiger partial charge < -0.3 is 4.74 Å². The Bertz CT molecular complexity index is 1040. The van der Waals surface area contributed by atoms with Crippen LogP contribution in [0.1, 0.15) is 11.1 Å². The highest BCUT2D eigenvalue weighted by Crippen LogP contribution is 2.28. The highest BCUT2D eigenvalue weighted by molar-refractivity contribution is 7.92. The SMILES string of the molecule is COc1cccc(CN(c2ccccc2)S(=O)(=O)c2cc(F)ccc2C)c1. The molecule has 0 saturated heterocycles. The molecule has 0 aromatic heterocycles. The summed E-state index contributed by atoms with van der Waals surface area (Å²) in [5, 5.41) is 0. The summed E-state index contributed by atoms with van der Waals surface area (Å²) in [6, 6.07) is 19.8. The lowest BCUT2D eigenvalue weighted by molar-refractivity contribution is 0.414. The molecule has 0 radical (unpaired) electrons. The zero-order valence-corrected chi connectivity index (χ0v) is 15.9. The minimum absolute atomic E-state index is 0.0470. The minimum Gasteiger partial charge on any atom is -0.497 e. The summed E-state index contributed by atoms with van der Waals surface area (Å²) in [5.41, 5.74) is 1.75. The van der Waals surface area contributed by atoms with Gasteiger partial charge in [0.2, 0.25) is 0 Å². The molecule has 0 atom stereocenters. The molecular weight excluding hydrogens is 365 g/mol. The number of halogens is 1. The van der Waals surface area contributed by atoms with Gasteiger partial charge in [-0.1, -0.05) is 36.4 Å². The Hall–Kier alpha value is -2.86. The fourth-order valence-electron chi connectivity index (χ4n) is 2.82. The van der Waals surface area contributed by atoms with E-state index in [1.807, 2.05) is 12.1 Å². The number of hydrogen-bond donors (Lipinski definition) is 0. The Morgan fingerprint density at radius 3 is 2.41 bits per heavy atom. The molecule has 0 N–H and O–H groups in total. The van der Waals surface area contributed by atoms with Crippen molar-refractivity contribution in [2.45, 2.75) is 18.4 Å². The second-order valence-electron chi connectivity index (χ2n) is 6.11. The van der Waals surface area contributed by atoms with Gasteiger partial charge in [-0.2, -0.15) is 0 Å². The van der Waals surface area contributed by atoms with E-state index in [-0.39, 0.29) is 11.4 Å². The average Bonchev–Trinajstić information content (AvgIpc) is 2.68. The van der Waals surface area contributed by atoms with Crippen molar-refractivity contribution < 1.29 is 17.5 Å². The van der Waals surface area contributed by atoms with Crippen molar-refractivity contribution in [3.8, 4) is 5.75 Å². The summed E-state index contributed by atoms with van der Waals surface area (Å²) in [5.74, 6) is 0.0495. The third kappa shape index (κ3) is 4.11. The Balaban J connectivity index is 2.11. The van der Waals surface area contributed by atoms with Crippen LogP contribution in [0, 0.1) is 12.7 Å². The molecule has 0 spiro atoms. The lowest BCUT2D eigenvalue weighted by Gasteiger charge is -2.25. The van der Waals surface area contributed by atoms with Crippen LogP contribution >= 0.6 is 0 Å². The molecule has 0 aliphatic carbocycles. The van der Waals surface area contributed by atoms with Crippen LogP contribution in [0.3, 0.4) is 0 Å². The van der Waals surface area contributed by atoms with Crippen LogP contribution in [0.25, 0.3) is 0 Å². The molecule has 3 rings (SSSR count). The van der Waals surface area contributed by atoms with Gasteiger partial charge in [-0.3, -0.25) is 4.31 Å². The number of methoxy groups -OCH3 is 1. The van der Waals surface area contributed by atoms with Crippen molar-refractivity contribution in [2.75, 3.05) is 11.4 Å². The molecular formula is C21H20FNO3S. The molecule has 3 aromatic carbocycles. The Kier molecular flexibility index (Phi) is 5.46. The van der Waals surface area contributed by atoms with Gasteiger partial charge in [0.15, 0.2) is 0 Å². The maximum Gasteiger partial charge on any atom is 0.264 e. The second kappa shape index (κ2) is 7.80. The van der Waals surface area contributed by atoms with E-state index in [0.29, 0.717) is 17.0 Å². The number of rotatable bonds is 6. The molecule has 0 aliphatic heterocycles. The van der Waals surface area contributed by atoms with E-state index in [2.05, 4.69) is 0 Å². The van der Waals surface area contributed by atoms with Crippen LogP contribution in [0.15, 0.2) is 77.7 Å². The molecule has 3 aromatic rings. The summed E-state index contributed by atoms with van der Waals surface area (Å²) >= 11 is 0. The fraction of sp³-hybridized carbons (Fsp3) is 0.143. The Morgan fingerprint density at radius 1 is 0.963 bits per heavy atom. The summed E-state index contributed by atoms with van der Waals surface area (Å²) in [6.45, 7) is 1.75. The molecule has 140 valence electrons. The highest BCUT2D eigenvalue weighted by Gasteiger charge is 2.27. The predicted octanol–water partition coefficient (Wildman–Crippen LogP) is 4.54. The van der Waals surface area contributed by atoms with Crippen LogP contribution in [0.5, 0.6) is 5.75 Å². The van der Waals surface area contributed by atoms with Crippen molar-refractivity contribution in [1.29, 1.82) is 0 Å². The second-order valence-corrected chi connectivity index (χ2v) is 7.94. The van der Waals surface area contributed by atoms with Gasteiger partial charge in [0.25, 0.3) is 10.0 Å². The smallest absolute Gasteiger partial charge is 0.264 e. The lowest BCUT2D eigenvalue weighted by atomic mass is 10.2. The number of sulfonamides is 1. The Morgan fingerprint density at radius 2 is 1.70 bits per heavy atom. The first kappa shape index (κ1) is 18.9. The number of nitrogens with zero attached hydrogens (tertiary/aromatic N) is 1. The van der Waals surface area contributed by atoms with Gasteiger partial charge in [-0.05, 0) is 54.4 Å². The molecule has 0 fully saturated rings. The third-order valence-electron chi connectivity index (χ3n) is 4.22. The zero-order chi connectivity index (χ0) is 19.4. The van der Waals surface area contributed by atoms with Crippen LogP contribution < -0.4 is 9.04 Å². The maximum atomic E-state index is 13.8. The third-order valence-corrected chi connectivity index (χ3v) is 6.14. The van der Waals surface area contributed by atoms with E-state index in [0.717, 1.165) is 11.6 Å². The topological polar surface area (TPSA) is 46.6 Å². The number of ether oxygens (including phenoxy) is 1. The van der Waals surface area contributed by atoms with E-state index in [9.17, 15) is 12.8 Å². The van der Waals surface area contributed by atoms with Crippen molar-refractivity contribution in [3.05, 3.63) is 89.7 Å². The molecule has 4 nitrogen and oxygen atoms in total. The number of aryl methyl sites for hydroxylation is 1. The predicted molar refractivity (Wildman–Crippen MR) is 104 cm³/mol. The fourth-order valence-corrected chi connectivity index (χ4v) is 4.51. The van der Waals surface area contributed by atoms with Gasteiger partial charge in [0, 0.05) is 0 Å². The average molecular weight is 385 g/mol. The van der Waals surface area contributed by atoms with Gasteiger partial charge in [-0.15, -0.1) is 0 Å². The number of anilines is 1. The van der Waals surface area contributed by atoms with Crippen LogP contribution in [0.4, 0.5) is 10.1 Å². The molecule has 0 aliphatic rings. The van der Waals surface area contributed by atoms with Crippen LogP contribution in [0.2, 0.25) is 0 Å². The normalized spacial score (nSPS) is 11.2.